The maximum atomic E-state index is 12.3. The Kier molecular flexibility index (Phi) is 7.09. The average molecular weight is 421 g/mol. The number of hydrogen-bond donors (Lipinski definition) is 1. The summed E-state index contributed by atoms with van der Waals surface area (Å²) >= 11 is 19.5. The number of aryl methyl sites for hydroxylation is 1. The van der Waals surface area contributed by atoms with Crippen molar-refractivity contribution in [2.24, 2.45) is 5.92 Å². The normalized spacial score (nSPS) is 11.2. The van der Waals surface area contributed by atoms with Crippen LogP contribution in [0, 0.1) is 19.8 Å². The number of nitrogens with zero attached hydrogens (tertiary/aromatic N) is 2. The zero-order valence-electron chi connectivity index (χ0n) is 14.5. The van der Waals surface area contributed by atoms with Gasteiger partial charge in [-0.15, -0.1) is 0 Å². The Morgan fingerprint density at radius 1 is 1.24 bits per heavy atom. The van der Waals surface area contributed by atoms with Gasteiger partial charge in [0.1, 0.15) is 0 Å². The van der Waals surface area contributed by atoms with Gasteiger partial charge < -0.3 is 9.88 Å². The van der Waals surface area contributed by atoms with Crippen molar-refractivity contribution in [3.8, 4) is 0 Å². The maximum Gasteiger partial charge on any atom is 0.234 e. The third-order valence-electron chi connectivity index (χ3n) is 3.57. The molecule has 1 N–H and O–H groups in total. The second-order valence-corrected chi connectivity index (χ2v) is 8.34. The summed E-state index contributed by atoms with van der Waals surface area (Å²) < 4.78 is 2.15. The molecule has 0 saturated carbocycles. The Bertz CT molecular complexity index is 767. The Hall–Kier alpha value is -0.880. The van der Waals surface area contributed by atoms with Crippen LogP contribution in [0.1, 0.15) is 25.2 Å². The molecule has 0 atom stereocenters. The van der Waals surface area contributed by atoms with Crippen LogP contribution in [0.25, 0.3) is 0 Å². The van der Waals surface area contributed by atoms with E-state index in [0.717, 1.165) is 23.1 Å². The molecule has 1 aromatic carbocycles. The van der Waals surface area contributed by atoms with E-state index < -0.39 is 0 Å². The number of imidazole rings is 1. The molecule has 136 valence electrons. The van der Waals surface area contributed by atoms with E-state index in [1.54, 1.807) is 12.1 Å². The smallest absolute Gasteiger partial charge is 0.234 e. The molecule has 25 heavy (non-hydrogen) atoms. The predicted octanol–water partition coefficient (Wildman–Crippen LogP) is 5.85. The summed E-state index contributed by atoms with van der Waals surface area (Å²) in [4.78, 5) is 16.8. The lowest BCUT2D eigenvalue weighted by Crippen LogP contribution is -2.16. The third kappa shape index (κ3) is 5.30. The van der Waals surface area contributed by atoms with Crippen molar-refractivity contribution in [2.45, 2.75) is 39.4 Å². The molecule has 0 aliphatic rings. The van der Waals surface area contributed by atoms with Crippen molar-refractivity contribution in [2.75, 3.05) is 11.1 Å². The SMILES string of the molecule is Cc1nc(SCC(=O)Nc2c(Cl)cc(Cl)cc2Cl)n(CC(C)C)c1C. The van der Waals surface area contributed by atoms with Crippen LogP contribution >= 0.6 is 46.6 Å². The van der Waals surface area contributed by atoms with E-state index in [1.807, 2.05) is 13.8 Å². The van der Waals surface area contributed by atoms with Crippen molar-refractivity contribution in [3.63, 3.8) is 0 Å². The van der Waals surface area contributed by atoms with Crippen LogP contribution in [-0.4, -0.2) is 21.2 Å². The van der Waals surface area contributed by atoms with Crippen LogP contribution in [0.3, 0.4) is 0 Å². The number of thioether (sulfide) groups is 1. The number of rotatable bonds is 6. The van der Waals surface area contributed by atoms with Crippen LogP contribution in [0.15, 0.2) is 17.3 Å². The maximum absolute atomic E-state index is 12.3. The monoisotopic (exact) mass is 419 g/mol. The summed E-state index contributed by atoms with van der Waals surface area (Å²) in [6.45, 7) is 9.19. The minimum absolute atomic E-state index is 0.203. The first-order valence-electron chi connectivity index (χ1n) is 7.80. The van der Waals surface area contributed by atoms with Gasteiger partial charge in [0.15, 0.2) is 5.16 Å². The molecule has 0 aliphatic carbocycles. The first-order valence-corrected chi connectivity index (χ1v) is 9.92. The van der Waals surface area contributed by atoms with Gasteiger partial charge in [0, 0.05) is 17.3 Å². The second kappa shape index (κ2) is 8.67. The highest BCUT2D eigenvalue weighted by Crippen LogP contribution is 2.34. The van der Waals surface area contributed by atoms with Gasteiger partial charge in [0.2, 0.25) is 5.91 Å². The summed E-state index contributed by atoms with van der Waals surface area (Å²) in [6.07, 6.45) is 0. The highest BCUT2D eigenvalue weighted by Gasteiger charge is 2.16. The largest absolute Gasteiger partial charge is 0.323 e. The van der Waals surface area contributed by atoms with Gasteiger partial charge in [-0.3, -0.25) is 4.79 Å². The summed E-state index contributed by atoms with van der Waals surface area (Å²) in [5.74, 6) is 0.501. The first-order chi connectivity index (χ1) is 11.7. The molecule has 0 bridgehead atoms. The molecule has 0 saturated heterocycles. The highest BCUT2D eigenvalue weighted by molar-refractivity contribution is 7.99. The molecule has 4 nitrogen and oxygen atoms in total. The van der Waals surface area contributed by atoms with Gasteiger partial charge in [-0.2, -0.15) is 0 Å². The van der Waals surface area contributed by atoms with E-state index in [0.29, 0.717) is 26.7 Å². The van der Waals surface area contributed by atoms with E-state index in [1.165, 1.54) is 11.8 Å². The van der Waals surface area contributed by atoms with E-state index >= 15 is 0 Å². The van der Waals surface area contributed by atoms with Gasteiger partial charge in [0.05, 0.1) is 27.2 Å². The van der Waals surface area contributed by atoms with Crippen LogP contribution in [0.2, 0.25) is 15.1 Å². The van der Waals surface area contributed by atoms with Crippen molar-refractivity contribution >= 4 is 58.2 Å². The Morgan fingerprint density at radius 2 is 1.84 bits per heavy atom. The van der Waals surface area contributed by atoms with E-state index in [2.05, 4.69) is 28.7 Å². The van der Waals surface area contributed by atoms with Gasteiger partial charge in [0.25, 0.3) is 0 Å². The van der Waals surface area contributed by atoms with Gasteiger partial charge in [-0.25, -0.2) is 4.98 Å². The summed E-state index contributed by atoms with van der Waals surface area (Å²) in [7, 11) is 0. The van der Waals surface area contributed by atoms with Gasteiger partial charge >= 0.3 is 0 Å². The minimum Gasteiger partial charge on any atom is -0.323 e. The van der Waals surface area contributed by atoms with Gasteiger partial charge in [-0.05, 0) is 31.9 Å². The lowest BCUT2D eigenvalue weighted by atomic mass is 10.2. The molecule has 8 heteroatoms. The topological polar surface area (TPSA) is 46.9 Å². The van der Waals surface area contributed by atoms with Crippen LogP contribution in [-0.2, 0) is 11.3 Å². The van der Waals surface area contributed by atoms with E-state index in [-0.39, 0.29) is 11.7 Å². The molecule has 0 fully saturated rings. The fourth-order valence-electron chi connectivity index (χ4n) is 2.28. The molecule has 1 aromatic heterocycles. The number of hydrogen-bond acceptors (Lipinski definition) is 3. The second-order valence-electron chi connectivity index (χ2n) is 6.15. The first kappa shape index (κ1) is 20.4. The Morgan fingerprint density at radius 3 is 2.40 bits per heavy atom. The number of benzene rings is 1. The number of carbonyl (C=O) groups is 1. The molecule has 2 aromatic rings. The van der Waals surface area contributed by atoms with Crippen molar-refractivity contribution in [3.05, 3.63) is 38.6 Å². The Balaban J connectivity index is 2.07. The molecule has 0 aliphatic heterocycles. The Labute approximate surface area is 167 Å². The number of anilines is 1. The van der Waals surface area contributed by atoms with E-state index in [4.69, 9.17) is 34.8 Å². The molecule has 1 amide bonds. The van der Waals surface area contributed by atoms with Crippen molar-refractivity contribution in [1.29, 1.82) is 0 Å². The number of aromatic nitrogens is 2. The van der Waals surface area contributed by atoms with Gasteiger partial charge in [-0.1, -0.05) is 60.4 Å². The number of halogens is 3. The molecule has 2 rings (SSSR count). The number of carbonyl (C=O) groups excluding carboxylic acids is 1. The highest BCUT2D eigenvalue weighted by atomic mass is 35.5. The average Bonchev–Trinajstić information content (AvgIpc) is 2.76. The van der Waals surface area contributed by atoms with Crippen LogP contribution in [0.5, 0.6) is 0 Å². The van der Waals surface area contributed by atoms with Crippen molar-refractivity contribution < 1.29 is 4.79 Å². The lowest BCUT2D eigenvalue weighted by molar-refractivity contribution is -0.113. The number of nitrogens with one attached hydrogen (secondary N) is 1. The van der Waals surface area contributed by atoms with Crippen molar-refractivity contribution in [1.82, 2.24) is 9.55 Å². The zero-order valence-corrected chi connectivity index (χ0v) is 17.6. The summed E-state index contributed by atoms with van der Waals surface area (Å²) in [5.41, 5.74) is 2.48. The molecule has 1 heterocycles. The molecule has 0 unspecified atom stereocenters. The molecule has 0 radical (unpaired) electrons. The molecular weight excluding hydrogens is 401 g/mol. The lowest BCUT2D eigenvalue weighted by Gasteiger charge is -2.13. The fraction of sp³-hybridized carbons (Fsp3) is 0.412. The fourth-order valence-corrected chi connectivity index (χ4v) is 4.09. The minimum atomic E-state index is -0.203. The third-order valence-corrected chi connectivity index (χ3v) is 5.36. The molecule has 0 spiro atoms. The summed E-state index contributed by atoms with van der Waals surface area (Å²) in [5, 5.41) is 4.62. The quantitative estimate of drug-likeness (QED) is 0.596. The number of amides is 1. The van der Waals surface area contributed by atoms with E-state index in [9.17, 15) is 4.79 Å². The van der Waals surface area contributed by atoms with Crippen LogP contribution in [0.4, 0.5) is 5.69 Å². The van der Waals surface area contributed by atoms with Crippen LogP contribution < -0.4 is 5.32 Å². The standard InChI is InChI=1S/C17H20Cl3N3OS/c1-9(2)7-23-11(4)10(3)21-17(23)25-8-15(24)22-16-13(19)5-12(18)6-14(16)20/h5-6,9H,7-8H2,1-4H3,(H,22,24). The summed E-state index contributed by atoms with van der Waals surface area (Å²) in [6, 6.07) is 3.08. The predicted molar refractivity (Wildman–Crippen MR) is 107 cm³/mol. The zero-order chi connectivity index (χ0) is 18.7. The molecular formula is C17H20Cl3N3OS.